The Kier molecular flexibility index (Phi) is 7.64. The maximum atomic E-state index is 13.4. The highest BCUT2D eigenvalue weighted by Crippen LogP contribution is 2.46. The van der Waals surface area contributed by atoms with Gasteiger partial charge in [0.1, 0.15) is 5.84 Å². The van der Waals surface area contributed by atoms with Crippen molar-refractivity contribution in [3.8, 4) is 0 Å². The zero-order valence-corrected chi connectivity index (χ0v) is 20.8. The van der Waals surface area contributed by atoms with Crippen molar-refractivity contribution in [2.24, 2.45) is 4.99 Å². The molecule has 1 saturated heterocycles. The van der Waals surface area contributed by atoms with Gasteiger partial charge in [-0.1, -0.05) is 67.6 Å². The molecule has 0 saturated carbocycles. The van der Waals surface area contributed by atoms with Gasteiger partial charge >= 0.3 is 11.9 Å². The van der Waals surface area contributed by atoms with Gasteiger partial charge in [0.15, 0.2) is 5.70 Å². The number of piperidine rings is 1. The number of nitrogens with zero attached hydrogens (tertiary/aromatic N) is 2. The van der Waals surface area contributed by atoms with Gasteiger partial charge in [0.2, 0.25) is 5.91 Å². The number of rotatable bonds is 8. The Hall–Kier alpha value is -3.78. The van der Waals surface area contributed by atoms with Crippen LogP contribution in [0, 0.1) is 0 Å². The molecule has 0 radical (unpaired) electrons. The van der Waals surface area contributed by atoms with Crippen LogP contribution in [0.15, 0.2) is 76.9 Å². The van der Waals surface area contributed by atoms with E-state index in [0.29, 0.717) is 18.8 Å². The summed E-state index contributed by atoms with van der Waals surface area (Å²) < 4.78 is 10.2. The molecule has 2 aliphatic heterocycles. The van der Waals surface area contributed by atoms with E-state index in [9.17, 15) is 14.4 Å². The molecule has 2 heterocycles. The van der Waals surface area contributed by atoms with Crippen LogP contribution in [0.3, 0.4) is 0 Å². The largest absolute Gasteiger partial charge is 0.466 e. The van der Waals surface area contributed by atoms with Crippen LogP contribution in [-0.4, -0.2) is 55.4 Å². The van der Waals surface area contributed by atoms with E-state index in [1.165, 1.54) is 14.2 Å². The Morgan fingerprint density at radius 2 is 1.67 bits per heavy atom. The number of methoxy groups -OCH3 is 2. The molecule has 36 heavy (non-hydrogen) atoms. The number of nitrogens with one attached hydrogen (secondary N) is 1. The number of carbonyl (C=O) groups excluding carboxylic acids is 3. The molecule has 0 spiro atoms. The second-order valence-electron chi connectivity index (χ2n) is 8.87. The summed E-state index contributed by atoms with van der Waals surface area (Å²) in [5.74, 6) is -1.08. The number of amidine groups is 1. The molecular formula is C28H31N3O5. The molecule has 2 atom stereocenters. The highest BCUT2D eigenvalue weighted by atomic mass is 16.5. The molecule has 0 aromatic heterocycles. The van der Waals surface area contributed by atoms with E-state index in [1.54, 1.807) is 4.90 Å². The minimum absolute atomic E-state index is 0.0934. The first-order valence-electron chi connectivity index (χ1n) is 12.1. The predicted octanol–water partition coefficient (Wildman–Crippen LogP) is 3.13. The molecule has 8 heteroatoms. The zero-order chi connectivity index (χ0) is 25.7. The zero-order valence-electron chi connectivity index (χ0n) is 20.8. The lowest BCUT2D eigenvalue weighted by Gasteiger charge is -2.50. The SMILES string of the molecule is CCCNC1C(C(=O)OC)=C(C(=O)OC)N=C2N(Cc3ccccc3)C(=O)CC[C@@]21c1ccccc1. The molecule has 1 amide bonds. The third kappa shape index (κ3) is 4.44. The van der Waals surface area contributed by atoms with Gasteiger partial charge in [-0.25, -0.2) is 14.6 Å². The summed E-state index contributed by atoms with van der Waals surface area (Å²) >= 11 is 0. The second-order valence-corrected chi connectivity index (χ2v) is 8.87. The molecular weight excluding hydrogens is 458 g/mol. The highest BCUT2D eigenvalue weighted by molar-refractivity contribution is 6.13. The first-order valence-corrected chi connectivity index (χ1v) is 12.1. The molecule has 2 aromatic rings. The Labute approximate surface area is 211 Å². The maximum absolute atomic E-state index is 13.4. The van der Waals surface area contributed by atoms with Crippen molar-refractivity contribution in [3.05, 3.63) is 83.1 Å². The minimum Gasteiger partial charge on any atom is -0.466 e. The van der Waals surface area contributed by atoms with Gasteiger partial charge < -0.3 is 14.8 Å². The fourth-order valence-electron chi connectivity index (χ4n) is 5.14. The van der Waals surface area contributed by atoms with E-state index in [2.05, 4.69) is 5.32 Å². The van der Waals surface area contributed by atoms with E-state index < -0.39 is 23.4 Å². The van der Waals surface area contributed by atoms with Crippen molar-refractivity contribution < 1.29 is 23.9 Å². The number of aliphatic imine (C=N–C) groups is 1. The Morgan fingerprint density at radius 3 is 2.28 bits per heavy atom. The number of hydrogen-bond acceptors (Lipinski definition) is 7. The van der Waals surface area contributed by atoms with Gasteiger partial charge in [0.25, 0.3) is 0 Å². The van der Waals surface area contributed by atoms with Crippen molar-refractivity contribution in [2.45, 2.75) is 44.2 Å². The number of amides is 1. The molecule has 8 nitrogen and oxygen atoms in total. The van der Waals surface area contributed by atoms with Gasteiger partial charge in [-0.2, -0.15) is 0 Å². The van der Waals surface area contributed by atoms with E-state index >= 15 is 0 Å². The van der Waals surface area contributed by atoms with Crippen molar-refractivity contribution in [2.75, 3.05) is 20.8 Å². The van der Waals surface area contributed by atoms with Gasteiger partial charge in [0.05, 0.1) is 37.8 Å². The summed E-state index contributed by atoms with van der Waals surface area (Å²) in [6.07, 6.45) is 1.46. The first kappa shape index (κ1) is 25.3. The highest BCUT2D eigenvalue weighted by Gasteiger charge is 2.57. The fourth-order valence-corrected chi connectivity index (χ4v) is 5.14. The lowest BCUT2D eigenvalue weighted by Crippen LogP contribution is -2.65. The van der Waals surface area contributed by atoms with E-state index in [0.717, 1.165) is 17.5 Å². The molecule has 0 aliphatic carbocycles. The monoisotopic (exact) mass is 489 g/mol. The number of hydrogen-bond donors (Lipinski definition) is 1. The smallest absolute Gasteiger partial charge is 0.357 e. The van der Waals surface area contributed by atoms with Crippen LogP contribution < -0.4 is 5.32 Å². The number of benzene rings is 2. The summed E-state index contributed by atoms with van der Waals surface area (Å²) in [4.78, 5) is 45.9. The molecule has 1 unspecified atom stereocenters. The summed E-state index contributed by atoms with van der Waals surface area (Å²) in [7, 11) is 2.52. The molecule has 2 aromatic carbocycles. The van der Waals surface area contributed by atoms with Crippen molar-refractivity contribution in [1.82, 2.24) is 10.2 Å². The van der Waals surface area contributed by atoms with Crippen LogP contribution in [-0.2, 0) is 35.8 Å². The number of ether oxygens (including phenoxy) is 2. The van der Waals surface area contributed by atoms with Crippen LogP contribution in [0.5, 0.6) is 0 Å². The number of esters is 2. The van der Waals surface area contributed by atoms with Crippen LogP contribution in [0.1, 0.15) is 37.3 Å². The van der Waals surface area contributed by atoms with Gasteiger partial charge in [0, 0.05) is 6.42 Å². The number of likely N-dealkylation sites (tertiary alicyclic amines) is 1. The minimum atomic E-state index is -0.889. The topological polar surface area (TPSA) is 97.3 Å². The standard InChI is InChI=1S/C28H31N3O5/c1-4-17-29-24-22(25(33)35-2)23(26(34)36-3)30-27-28(24,20-13-9-6-10-14-20)16-15-21(32)31(27)18-19-11-7-5-8-12-19/h5-14,24,29H,4,15-18H2,1-3H3/t24?,28-/m0/s1. The van der Waals surface area contributed by atoms with Crippen molar-refractivity contribution in [1.29, 1.82) is 0 Å². The maximum Gasteiger partial charge on any atom is 0.357 e. The summed E-state index contributed by atoms with van der Waals surface area (Å²) in [5, 5.41) is 3.50. The Morgan fingerprint density at radius 1 is 1.03 bits per heavy atom. The lowest BCUT2D eigenvalue weighted by atomic mass is 9.63. The van der Waals surface area contributed by atoms with Crippen LogP contribution in [0.4, 0.5) is 0 Å². The molecule has 2 aliphatic rings. The first-order chi connectivity index (χ1) is 17.5. The van der Waals surface area contributed by atoms with Crippen LogP contribution in [0.25, 0.3) is 0 Å². The van der Waals surface area contributed by atoms with Gasteiger partial charge in [-0.15, -0.1) is 0 Å². The second kappa shape index (κ2) is 10.9. The van der Waals surface area contributed by atoms with E-state index in [4.69, 9.17) is 14.5 Å². The van der Waals surface area contributed by atoms with Crippen LogP contribution >= 0.6 is 0 Å². The summed E-state index contributed by atoms with van der Waals surface area (Å²) in [6.45, 7) is 2.89. The van der Waals surface area contributed by atoms with Crippen LogP contribution in [0.2, 0.25) is 0 Å². The van der Waals surface area contributed by atoms with Gasteiger partial charge in [-0.3, -0.25) is 9.69 Å². The Balaban J connectivity index is 2.02. The molecule has 1 fully saturated rings. The average molecular weight is 490 g/mol. The third-order valence-corrected chi connectivity index (χ3v) is 6.80. The van der Waals surface area contributed by atoms with Crippen molar-refractivity contribution >= 4 is 23.7 Å². The quantitative estimate of drug-likeness (QED) is 0.573. The van der Waals surface area contributed by atoms with E-state index in [1.807, 2.05) is 67.6 Å². The van der Waals surface area contributed by atoms with Gasteiger partial charge in [-0.05, 0) is 30.5 Å². The molecule has 1 N–H and O–H groups in total. The number of fused-ring (bicyclic) bond motifs is 1. The number of carbonyl (C=O) groups is 3. The summed E-state index contributed by atoms with van der Waals surface area (Å²) in [5.41, 5.74) is 0.901. The molecule has 4 rings (SSSR count). The average Bonchev–Trinajstić information content (AvgIpc) is 2.93. The fraction of sp³-hybridized carbons (Fsp3) is 0.357. The van der Waals surface area contributed by atoms with Crippen molar-refractivity contribution in [3.63, 3.8) is 0 Å². The molecule has 188 valence electrons. The predicted molar refractivity (Wildman–Crippen MR) is 135 cm³/mol. The lowest BCUT2D eigenvalue weighted by molar-refractivity contribution is -0.140. The van der Waals surface area contributed by atoms with E-state index in [-0.39, 0.29) is 30.1 Å². The molecule has 0 bridgehead atoms. The summed E-state index contributed by atoms with van der Waals surface area (Å²) in [6, 6.07) is 18.7. The third-order valence-electron chi connectivity index (χ3n) is 6.80. The normalized spacial score (nSPS) is 21.5. The Bertz CT molecular complexity index is 1190.